The van der Waals surface area contributed by atoms with Gasteiger partial charge in [0.15, 0.2) is 0 Å². The van der Waals surface area contributed by atoms with Crippen molar-refractivity contribution in [3.05, 3.63) is 24.0 Å². The Morgan fingerprint density at radius 1 is 1.44 bits per heavy atom. The number of methoxy groups -OCH3 is 1. The molecule has 18 heavy (non-hydrogen) atoms. The van der Waals surface area contributed by atoms with Crippen LogP contribution in [0.5, 0.6) is 0 Å². The highest BCUT2D eigenvalue weighted by atomic mass is 16.5. The van der Waals surface area contributed by atoms with E-state index in [-0.39, 0.29) is 0 Å². The number of ether oxygens (including phenoxy) is 1. The molecule has 4 heteroatoms. The van der Waals surface area contributed by atoms with Gasteiger partial charge in [0.05, 0.1) is 18.0 Å². The normalized spacial score (nSPS) is 17.1. The van der Waals surface area contributed by atoms with E-state index >= 15 is 0 Å². The first-order valence-electron chi connectivity index (χ1n) is 6.76. The first-order valence-corrected chi connectivity index (χ1v) is 6.76. The summed E-state index contributed by atoms with van der Waals surface area (Å²) in [7, 11) is 1.81. The van der Waals surface area contributed by atoms with Crippen LogP contribution in [0.4, 0.5) is 5.69 Å². The fourth-order valence-electron chi connectivity index (χ4n) is 2.44. The molecule has 0 spiro atoms. The molecule has 0 aromatic carbocycles. The molecule has 1 saturated heterocycles. The number of piperidine rings is 1. The molecule has 1 aromatic rings. The maximum absolute atomic E-state index is 5.42. The molecule has 0 amide bonds. The summed E-state index contributed by atoms with van der Waals surface area (Å²) < 4.78 is 5.42. The van der Waals surface area contributed by atoms with Crippen molar-refractivity contribution in [3.63, 3.8) is 0 Å². The van der Waals surface area contributed by atoms with Gasteiger partial charge in [-0.15, -0.1) is 0 Å². The second-order valence-electron chi connectivity index (χ2n) is 4.71. The van der Waals surface area contributed by atoms with Crippen molar-refractivity contribution >= 4 is 5.69 Å². The van der Waals surface area contributed by atoms with E-state index in [1.165, 1.54) is 11.3 Å². The Balaban J connectivity index is 2.03. The minimum absolute atomic E-state index is 0.426. The van der Waals surface area contributed by atoms with Gasteiger partial charge >= 0.3 is 0 Å². The molecule has 1 N–H and O–H groups in total. The van der Waals surface area contributed by atoms with Crippen LogP contribution in [0.2, 0.25) is 0 Å². The summed E-state index contributed by atoms with van der Waals surface area (Å²) in [6.45, 7) is 6.16. The van der Waals surface area contributed by atoms with Crippen LogP contribution in [0.15, 0.2) is 18.5 Å². The predicted molar refractivity (Wildman–Crippen MR) is 73.9 cm³/mol. The Morgan fingerprint density at radius 3 is 2.89 bits per heavy atom. The lowest BCUT2D eigenvalue weighted by Crippen LogP contribution is -2.37. The molecule has 0 atom stereocenters. The van der Waals surface area contributed by atoms with Crippen LogP contribution in [-0.4, -0.2) is 37.8 Å². The molecule has 4 nitrogen and oxygen atoms in total. The Labute approximate surface area is 109 Å². The first kappa shape index (κ1) is 13.3. The van der Waals surface area contributed by atoms with Gasteiger partial charge in [-0.2, -0.15) is 0 Å². The van der Waals surface area contributed by atoms with Crippen LogP contribution in [0.25, 0.3) is 0 Å². The molecule has 0 saturated carbocycles. The standard InChI is InChI=1S/C14H23N3O/c1-3-15-10-12-4-7-16-11-14(12)17-8-5-13(18-2)6-9-17/h4,7,11,13,15H,3,5-6,8-10H2,1-2H3. The molecular weight excluding hydrogens is 226 g/mol. The van der Waals surface area contributed by atoms with Crippen molar-refractivity contribution in [2.75, 3.05) is 31.6 Å². The second-order valence-corrected chi connectivity index (χ2v) is 4.71. The summed E-state index contributed by atoms with van der Waals surface area (Å²) >= 11 is 0. The van der Waals surface area contributed by atoms with E-state index in [1.54, 1.807) is 7.11 Å². The Kier molecular flexibility index (Phi) is 4.96. The van der Waals surface area contributed by atoms with Crippen LogP contribution in [0.3, 0.4) is 0 Å². The maximum atomic E-state index is 5.42. The topological polar surface area (TPSA) is 37.4 Å². The van der Waals surface area contributed by atoms with Crippen LogP contribution >= 0.6 is 0 Å². The van der Waals surface area contributed by atoms with Gasteiger partial charge in [0.2, 0.25) is 0 Å². The minimum atomic E-state index is 0.426. The zero-order valence-electron chi connectivity index (χ0n) is 11.4. The molecular formula is C14H23N3O. The van der Waals surface area contributed by atoms with Crippen molar-refractivity contribution in [3.8, 4) is 0 Å². The van der Waals surface area contributed by atoms with E-state index in [9.17, 15) is 0 Å². The van der Waals surface area contributed by atoms with E-state index in [4.69, 9.17) is 4.74 Å². The number of pyridine rings is 1. The highest BCUT2D eigenvalue weighted by Gasteiger charge is 2.20. The van der Waals surface area contributed by atoms with Gasteiger partial charge in [-0.25, -0.2) is 0 Å². The highest BCUT2D eigenvalue weighted by Crippen LogP contribution is 2.24. The number of aromatic nitrogens is 1. The Hall–Kier alpha value is -1.13. The largest absolute Gasteiger partial charge is 0.381 e. The summed E-state index contributed by atoms with van der Waals surface area (Å²) in [6.07, 6.45) is 6.49. The summed E-state index contributed by atoms with van der Waals surface area (Å²) in [4.78, 5) is 6.69. The summed E-state index contributed by atoms with van der Waals surface area (Å²) in [5.74, 6) is 0. The first-order chi connectivity index (χ1) is 8.85. The van der Waals surface area contributed by atoms with E-state index in [1.807, 2.05) is 12.4 Å². The lowest BCUT2D eigenvalue weighted by Gasteiger charge is -2.33. The van der Waals surface area contributed by atoms with Crippen molar-refractivity contribution in [1.29, 1.82) is 0 Å². The smallest absolute Gasteiger partial charge is 0.0605 e. The highest BCUT2D eigenvalue weighted by molar-refractivity contribution is 5.52. The van der Waals surface area contributed by atoms with Gasteiger partial charge in [-0.1, -0.05) is 6.92 Å². The van der Waals surface area contributed by atoms with Gasteiger partial charge in [-0.05, 0) is 31.0 Å². The van der Waals surface area contributed by atoms with Crippen molar-refractivity contribution < 1.29 is 4.74 Å². The molecule has 0 unspecified atom stereocenters. The van der Waals surface area contributed by atoms with Gasteiger partial charge < -0.3 is 15.0 Å². The lowest BCUT2D eigenvalue weighted by molar-refractivity contribution is 0.0819. The van der Waals surface area contributed by atoms with Crippen LogP contribution < -0.4 is 10.2 Å². The van der Waals surface area contributed by atoms with E-state index in [0.717, 1.165) is 39.0 Å². The van der Waals surface area contributed by atoms with Crippen LogP contribution in [0, 0.1) is 0 Å². The summed E-state index contributed by atoms with van der Waals surface area (Å²) in [5, 5.41) is 3.38. The van der Waals surface area contributed by atoms with Crippen LogP contribution in [0.1, 0.15) is 25.3 Å². The molecule has 1 aliphatic heterocycles. The maximum Gasteiger partial charge on any atom is 0.0605 e. The van der Waals surface area contributed by atoms with Crippen molar-refractivity contribution in [2.24, 2.45) is 0 Å². The number of hydrogen-bond donors (Lipinski definition) is 1. The molecule has 2 heterocycles. The monoisotopic (exact) mass is 249 g/mol. The van der Waals surface area contributed by atoms with E-state index in [2.05, 4.69) is 28.2 Å². The van der Waals surface area contributed by atoms with Crippen molar-refractivity contribution in [1.82, 2.24) is 10.3 Å². The molecule has 1 fully saturated rings. The number of anilines is 1. The molecule has 100 valence electrons. The number of rotatable bonds is 5. The molecule has 2 rings (SSSR count). The van der Waals surface area contributed by atoms with Gasteiger partial charge in [0.1, 0.15) is 0 Å². The lowest BCUT2D eigenvalue weighted by atomic mass is 10.1. The molecule has 0 bridgehead atoms. The molecule has 1 aromatic heterocycles. The zero-order valence-corrected chi connectivity index (χ0v) is 11.4. The fourth-order valence-corrected chi connectivity index (χ4v) is 2.44. The summed E-state index contributed by atoms with van der Waals surface area (Å²) in [6, 6.07) is 2.11. The Bertz CT molecular complexity index is 362. The third-order valence-electron chi connectivity index (χ3n) is 3.57. The zero-order chi connectivity index (χ0) is 12.8. The average Bonchev–Trinajstić information content (AvgIpc) is 2.45. The SMILES string of the molecule is CCNCc1ccncc1N1CCC(OC)CC1. The van der Waals surface area contributed by atoms with Gasteiger partial charge in [-0.3, -0.25) is 4.98 Å². The number of nitrogens with zero attached hydrogens (tertiary/aromatic N) is 2. The molecule has 0 radical (unpaired) electrons. The minimum Gasteiger partial charge on any atom is -0.381 e. The average molecular weight is 249 g/mol. The number of nitrogens with one attached hydrogen (secondary N) is 1. The second kappa shape index (κ2) is 6.71. The molecule has 0 aliphatic carbocycles. The van der Waals surface area contributed by atoms with Gasteiger partial charge in [0.25, 0.3) is 0 Å². The quantitative estimate of drug-likeness (QED) is 0.863. The summed E-state index contributed by atoms with van der Waals surface area (Å²) in [5.41, 5.74) is 2.61. The van der Waals surface area contributed by atoms with Crippen molar-refractivity contribution in [2.45, 2.75) is 32.4 Å². The number of hydrogen-bond acceptors (Lipinski definition) is 4. The third-order valence-corrected chi connectivity index (χ3v) is 3.57. The van der Waals surface area contributed by atoms with Crippen LogP contribution in [-0.2, 0) is 11.3 Å². The van der Waals surface area contributed by atoms with E-state index < -0.39 is 0 Å². The molecule has 1 aliphatic rings. The predicted octanol–water partition coefficient (Wildman–Crippen LogP) is 1.81. The van der Waals surface area contributed by atoms with E-state index in [0.29, 0.717) is 6.10 Å². The van der Waals surface area contributed by atoms with Gasteiger partial charge in [0, 0.05) is 32.9 Å². The third kappa shape index (κ3) is 3.21. The fraction of sp³-hybridized carbons (Fsp3) is 0.643. The Morgan fingerprint density at radius 2 is 2.22 bits per heavy atom.